The summed E-state index contributed by atoms with van der Waals surface area (Å²) in [7, 11) is 2.99. The van der Waals surface area contributed by atoms with E-state index in [-0.39, 0.29) is 5.97 Å². The van der Waals surface area contributed by atoms with Gasteiger partial charge in [-0.2, -0.15) is 0 Å². The number of thiazole rings is 1. The van der Waals surface area contributed by atoms with Crippen molar-refractivity contribution < 1.29 is 14.3 Å². The highest BCUT2D eigenvalue weighted by molar-refractivity contribution is 7.80. The molecule has 1 heterocycles. The quantitative estimate of drug-likeness (QED) is 0.495. The highest BCUT2D eigenvalue weighted by Gasteiger charge is 2.10. The number of ether oxygens (including phenoxy) is 2. The number of hydrogen-bond donors (Lipinski definition) is 2. The fraction of sp³-hybridized carbons (Fsp3) is 0.308. The van der Waals surface area contributed by atoms with Crippen LogP contribution in [-0.2, 0) is 9.47 Å². The second-order valence-electron chi connectivity index (χ2n) is 4.07. The number of nitrogens with one attached hydrogen (secondary N) is 2. The topological polar surface area (TPSA) is 72.5 Å². The molecule has 8 heteroatoms. The van der Waals surface area contributed by atoms with Crippen LogP contribution in [0, 0.1) is 0 Å². The van der Waals surface area contributed by atoms with Crippen LogP contribution in [0.15, 0.2) is 18.2 Å². The van der Waals surface area contributed by atoms with E-state index in [1.807, 2.05) is 0 Å². The van der Waals surface area contributed by atoms with Crippen LogP contribution in [-0.4, -0.2) is 43.4 Å². The number of nitrogens with zero attached hydrogens (tertiary/aromatic N) is 1. The van der Waals surface area contributed by atoms with E-state index in [4.69, 9.17) is 21.7 Å². The largest absolute Gasteiger partial charge is 0.465 e. The summed E-state index contributed by atoms with van der Waals surface area (Å²) < 4.78 is 10.5. The molecule has 0 atom stereocenters. The van der Waals surface area contributed by atoms with Gasteiger partial charge in [0.1, 0.15) is 0 Å². The summed E-state index contributed by atoms with van der Waals surface area (Å²) in [6.07, 6.45) is 0. The van der Waals surface area contributed by atoms with E-state index in [2.05, 4.69) is 15.6 Å². The minimum absolute atomic E-state index is 0.364. The first-order valence-corrected chi connectivity index (χ1v) is 7.39. The monoisotopic (exact) mass is 325 g/mol. The summed E-state index contributed by atoms with van der Waals surface area (Å²) >= 11 is 6.57. The van der Waals surface area contributed by atoms with E-state index in [1.54, 1.807) is 25.3 Å². The van der Waals surface area contributed by atoms with E-state index in [0.29, 0.717) is 29.0 Å². The molecule has 0 saturated carbocycles. The zero-order valence-electron chi connectivity index (χ0n) is 11.6. The van der Waals surface area contributed by atoms with Gasteiger partial charge in [-0.05, 0) is 30.4 Å². The highest BCUT2D eigenvalue weighted by Crippen LogP contribution is 2.26. The van der Waals surface area contributed by atoms with Crippen LogP contribution in [0.4, 0.5) is 5.13 Å². The molecule has 6 nitrogen and oxygen atoms in total. The standard InChI is InChI=1S/C13H15N3O3S2/c1-18-6-5-14-12(20)16-13-15-9-4-3-8(11(17)19-2)7-10(9)21-13/h3-4,7H,5-6H2,1-2H3,(H2,14,15,16,20). The van der Waals surface area contributed by atoms with Gasteiger partial charge in [0, 0.05) is 13.7 Å². The Bertz CT molecular complexity index is 657. The van der Waals surface area contributed by atoms with Gasteiger partial charge in [0.2, 0.25) is 0 Å². The van der Waals surface area contributed by atoms with Gasteiger partial charge in [-0.1, -0.05) is 11.3 Å². The minimum Gasteiger partial charge on any atom is -0.465 e. The maximum Gasteiger partial charge on any atom is 0.337 e. The molecule has 0 radical (unpaired) electrons. The van der Waals surface area contributed by atoms with Gasteiger partial charge < -0.3 is 20.1 Å². The number of methoxy groups -OCH3 is 2. The van der Waals surface area contributed by atoms with Crippen molar-refractivity contribution in [2.45, 2.75) is 0 Å². The SMILES string of the molecule is COCCNC(=S)Nc1nc2ccc(C(=O)OC)cc2s1. The second-order valence-corrected chi connectivity index (χ2v) is 5.51. The van der Waals surface area contributed by atoms with Crippen LogP contribution >= 0.6 is 23.6 Å². The van der Waals surface area contributed by atoms with Gasteiger partial charge in [-0.3, -0.25) is 0 Å². The van der Waals surface area contributed by atoms with Crippen molar-refractivity contribution in [1.82, 2.24) is 10.3 Å². The number of fused-ring (bicyclic) bond motifs is 1. The van der Waals surface area contributed by atoms with E-state index < -0.39 is 0 Å². The number of rotatable bonds is 5. The Morgan fingerprint density at radius 2 is 2.24 bits per heavy atom. The van der Waals surface area contributed by atoms with E-state index in [9.17, 15) is 4.79 Å². The molecule has 2 N–H and O–H groups in total. The predicted octanol–water partition coefficient (Wildman–Crippen LogP) is 2.02. The summed E-state index contributed by atoms with van der Waals surface area (Å²) in [5, 5.41) is 7.17. The first-order valence-electron chi connectivity index (χ1n) is 6.16. The third-order valence-corrected chi connectivity index (χ3v) is 3.80. The van der Waals surface area contributed by atoms with Gasteiger partial charge in [0.25, 0.3) is 0 Å². The van der Waals surface area contributed by atoms with Crippen molar-refractivity contribution in [1.29, 1.82) is 0 Å². The van der Waals surface area contributed by atoms with Crippen LogP contribution in [0.1, 0.15) is 10.4 Å². The molecule has 112 valence electrons. The average molecular weight is 325 g/mol. The van der Waals surface area contributed by atoms with Crippen LogP contribution in [0.2, 0.25) is 0 Å². The molecule has 0 bridgehead atoms. The summed E-state index contributed by atoms with van der Waals surface area (Å²) in [5.41, 5.74) is 1.30. The van der Waals surface area contributed by atoms with Crippen molar-refractivity contribution in [3.05, 3.63) is 23.8 Å². The van der Waals surface area contributed by atoms with Gasteiger partial charge in [-0.25, -0.2) is 9.78 Å². The number of benzene rings is 1. The molecule has 2 aromatic rings. The Morgan fingerprint density at radius 3 is 2.95 bits per heavy atom. The predicted molar refractivity (Wildman–Crippen MR) is 87.1 cm³/mol. The minimum atomic E-state index is -0.364. The lowest BCUT2D eigenvalue weighted by molar-refractivity contribution is 0.0601. The Labute approximate surface area is 131 Å². The summed E-state index contributed by atoms with van der Waals surface area (Å²) in [4.78, 5) is 15.9. The van der Waals surface area contributed by atoms with Gasteiger partial charge in [0.05, 0.1) is 29.5 Å². The molecular formula is C13H15N3O3S2. The van der Waals surface area contributed by atoms with Crippen molar-refractivity contribution in [2.24, 2.45) is 0 Å². The van der Waals surface area contributed by atoms with Crippen molar-refractivity contribution in [3.8, 4) is 0 Å². The third-order valence-electron chi connectivity index (χ3n) is 2.62. The summed E-state index contributed by atoms with van der Waals surface area (Å²) in [6, 6.07) is 5.23. The molecule has 0 spiro atoms. The number of thiocarbonyl (C=S) groups is 1. The first-order chi connectivity index (χ1) is 10.1. The zero-order valence-corrected chi connectivity index (χ0v) is 13.3. The molecule has 0 aliphatic carbocycles. The molecule has 21 heavy (non-hydrogen) atoms. The molecule has 1 aromatic carbocycles. The van der Waals surface area contributed by atoms with E-state index in [1.165, 1.54) is 18.4 Å². The lowest BCUT2D eigenvalue weighted by Gasteiger charge is -2.06. The van der Waals surface area contributed by atoms with Gasteiger partial charge >= 0.3 is 5.97 Å². The number of carbonyl (C=O) groups excluding carboxylic acids is 1. The van der Waals surface area contributed by atoms with E-state index in [0.717, 1.165) is 10.2 Å². The fourth-order valence-electron chi connectivity index (χ4n) is 1.63. The molecule has 0 amide bonds. The molecule has 2 rings (SSSR count). The maximum absolute atomic E-state index is 11.5. The number of carbonyl (C=O) groups is 1. The third kappa shape index (κ3) is 4.10. The first kappa shape index (κ1) is 15.6. The van der Waals surface area contributed by atoms with E-state index >= 15 is 0 Å². The number of aromatic nitrogens is 1. The summed E-state index contributed by atoms with van der Waals surface area (Å²) in [6.45, 7) is 1.20. The number of esters is 1. The van der Waals surface area contributed by atoms with Crippen molar-refractivity contribution in [3.63, 3.8) is 0 Å². The average Bonchev–Trinajstić information content (AvgIpc) is 2.87. The van der Waals surface area contributed by atoms with Gasteiger partial charge in [-0.15, -0.1) is 0 Å². The van der Waals surface area contributed by atoms with Crippen LogP contribution in [0.3, 0.4) is 0 Å². The van der Waals surface area contributed by atoms with Crippen LogP contribution in [0.5, 0.6) is 0 Å². The van der Waals surface area contributed by atoms with Crippen LogP contribution in [0.25, 0.3) is 10.2 Å². The smallest absolute Gasteiger partial charge is 0.337 e. The second kappa shape index (κ2) is 7.30. The Balaban J connectivity index is 2.08. The molecular weight excluding hydrogens is 310 g/mol. The van der Waals surface area contributed by atoms with Crippen molar-refractivity contribution >= 4 is 50.0 Å². The Hall–Kier alpha value is -1.77. The molecule has 0 aliphatic heterocycles. The lowest BCUT2D eigenvalue weighted by atomic mass is 10.2. The molecule has 0 unspecified atom stereocenters. The van der Waals surface area contributed by atoms with Crippen LogP contribution < -0.4 is 10.6 Å². The lowest BCUT2D eigenvalue weighted by Crippen LogP contribution is -2.31. The number of hydrogen-bond acceptors (Lipinski definition) is 6. The Kier molecular flexibility index (Phi) is 5.43. The molecule has 0 aliphatic rings. The maximum atomic E-state index is 11.5. The molecule has 0 saturated heterocycles. The molecule has 1 aromatic heterocycles. The fourth-order valence-corrected chi connectivity index (χ4v) is 2.80. The normalized spacial score (nSPS) is 10.4. The number of anilines is 1. The molecule has 0 fully saturated rings. The van der Waals surface area contributed by atoms with Gasteiger partial charge in [0.15, 0.2) is 10.2 Å². The van der Waals surface area contributed by atoms with Crippen molar-refractivity contribution in [2.75, 3.05) is 32.7 Å². The summed E-state index contributed by atoms with van der Waals surface area (Å²) in [5.74, 6) is -0.364. The highest BCUT2D eigenvalue weighted by atomic mass is 32.1. The Morgan fingerprint density at radius 1 is 1.43 bits per heavy atom. The zero-order chi connectivity index (χ0) is 15.2.